The summed E-state index contributed by atoms with van der Waals surface area (Å²) in [6.45, 7) is 0. The molecular formula is C19H24N4O. The van der Waals surface area contributed by atoms with Gasteiger partial charge in [0.15, 0.2) is 0 Å². The summed E-state index contributed by atoms with van der Waals surface area (Å²) in [4.78, 5) is 12.8. The average molecular weight is 324 g/mol. The zero-order valence-corrected chi connectivity index (χ0v) is 13.8. The third-order valence-electron chi connectivity index (χ3n) is 5.12. The summed E-state index contributed by atoms with van der Waals surface area (Å²) in [5.41, 5.74) is 8.76. The van der Waals surface area contributed by atoms with Crippen LogP contribution in [0.5, 0.6) is 0 Å². The van der Waals surface area contributed by atoms with Crippen LogP contribution in [0, 0.1) is 0 Å². The van der Waals surface area contributed by atoms with Gasteiger partial charge < -0.3 is 11.1 Å². The molecule has 2 aromatic rings. The molecule has 5 nitrogen and oxygen atoms in total. The number of benzene rings is 1. The minimum Gasteiger partial charge on any atom is -0.349 e. The number of carbonyl (C=O) groups is 1. The molecule has 0 spiro atoms. The molecule has 0 aliphatic heterocycles. The summed E-state index contributed by atoms with van der Waals surface area (Å²) in [6.07, 6.45) is 7.92. The molecule has 0 bridgehead atoms. The Labute approximate surface area is 142 Å². The fraction of sp³-hybridized carbons (Fsp3) is 0.474. The van der Waals surface area contributed by atoms with E-state index >= 15 is 0 Å². The topological polar surface area (TPSA) is 72.9 Å². The lowest BCUT2D eigenvalue weighted by Gasteiger charge is -2.26. The van der Waals surface area contributed by atoms with E-state index in [2.05, 4.69) is 10.4 Å². The normalized spacial score (nSPS) is 23.9. The van der Waals surface area contributed by atoms with Gasteiger partial charge in [-0.1, -0.05) is 18.2 Å². The lowest BCUT2D eigenvalue weighted by molar-refractivity contribution is 0.0925. The number of aromatic nitrogens is 2. The Bertz CT molecular complexity index is 712. The second-order valence-electron chi connectivity index (χ2n) is 7.05. The Hall–Kier alpha value is -2.14. The van der Waals surface area contributed by atoms with Gasteiger partial charge in [-0.2, -0.15) is 5.10 Å². The van der Waals surface area contributed by atoms with Crippen LogP contribution in [0.1, 0.15) is 60.5 Å². The minimum absolute atomic E-state index is 0.0135. The molecule has 1 aromatic carbocycles. The highest BCUT2D eigenvalue weighted by atomic mass is 16.1. The predicted octanol–water partition coefficient (Wildman–Crippen LogP) is 2.75. The van der Waals surface area contributed by atoms with Crippen molar-refractivity contribution in [1.82, 2.24) is 15.1 Å². The first kappa shape index (κ1) is 15.4. The lowest BCUT2D eigenvalue weighted by atomic mass is 9.91. The molecule has 4 rings (SSSR count). The largest absolute Gasteiger partial charge is 0.349 e. The van der Waals surface area contributed by atoms with Gasteiger partial charge in [0.1, 0.15) is 0 Å². The maximum atomic E-state index is 12.8. The Morgan fingerprint density at radius 1 is 1.08 bits per heavy atom. The smallest absolute Gasteiger partial charge is 0.255 e. The third-order valence-corrected chi connectivity index (χ3v) is 5.12. The van der Waals surface area contributed by atoms with E-state index in [-0.39, 0.29) is 11.9 Å². The van der Waals surface area contributed by atoms with Crippen LogP contribution in [-0.2, 0) is 0 Å². The molecule has 126 valence electrons. The molecule has 0 saturated heterocycles. The first-order chi connectivity index (χ1) is 11.7. The summed E-state index contributed by atoms with van der Waals surface area (Å²) >= 11 is 0. The molecule has 5 heteroatoms. The van der Waals surface area contributed by atoms with Gasteiger partial charge in [0, 0.05) is 18.0 Å². The van der Waals surface area contributed by atoms with E-state index in [1.807, 2.05) is 35.0 Å². The summed E-state index contributed by atoms with van der Waals surface area (Å²) in [6, 6.07) is 10.6. The SMILES string of the molecule is NC1CCC(NC(=O)c2cnn(-c3ccccc3)c2C2CC2)CC1. The fourth-order valence-electron chi connectivity index (χ4n) is 3.58. The van der Waals surface area contributed by atoms with Crippen LogP contribution in [0.25, 0.3) is 5.69 Å². The van der Waals surface area contributed by atoms with E-state index in [0.717, 1.165) is 55.5 Å². The number of para-hydroxylation sites is 1. The second-order valence-corrected chi connectivity index (χ2v) is 7.05. The highest BCUT2D eigenvalue weighted by Gasteiger charge is 2.33. The summed E-state index contributed by atoms with van der Waals surface area (Å²) in [5, 5.41) is 7.71. The van der Waals surface area contributed by atoms with Crippen molar-refractivity contribution in [2.24, 2.45) is 5.73 Å². The molecule has 3 N–H and O–H groups in total. The van der Waals surface area contributed by atoms with E-state index in [1.165, 1.54) is 0 Å². The number of nitrogens with one attached hydrogen (secondary N) is 1. The van der Waals surface area contributed by atoms with E-state index in [1.54, 1.807) is 6.20 Å². The molecule has 2 aliphatic carbocycles. The van der Waals surface area contributed by atoms with Gasteiger partial charge in [0.05, 0.1) is 23.1 Å². The van der Waals surface area contributed by atoms with Gasteiger partial charge >= 0.3 is 0 Å². The summed E-state index contributed by atoms with van der Waals surface area (Å²) in [5.74, 6) is 0.466. The lowest BCUT2D eigenvalue weighted by Crippen LogP contribution is -2.40. The fourth-order valence-corrected chi connectivity index (χ4v) is 3.58. The molecular weight excluding hydrogens is 300 g/mol. The van der Waals surface area contributed by atoms with Crippen LogP contribution in [0.3, 0.4) is 0 Å². The number of carbonyl (C=O) groups excluding carboxylic acids is 1. The number of hydrogen-bond acceptors (Lipinski definition) is 3. The minimum atomic E-state index is 0.0135. The molecule has 2 fully saturated rings. The van der Waals surface area contributed by atoms with Gasteiger partial charge in [-0.3, -0.25) is 4.79 Å². The number of nitrogens with zero attached hydrogens (tertiary/aromatic N) is 2. The van der Waals surface area contributed by atoms with E-state index in [4.69, 9.17) is 5.73 Å². The van der Waals surface area contributed by atoms with Gasteiger partial charge in [0.2, 0.25) is 0 Å². The van der Waals surface area contributed by atoms with E-state index < -0.39 is 0 Å². The summed E-state index contributed by atoms with van der Waals surface area (Å²) < 4.78 is 1.93. The molecule has 2 saturated carbocycles. The first-order valence-corrected chi connectivity index (χ1v) is 8.92. The van der Waals surface area contributed by atoms with Crippen molar-refractivity contribution in [3.05, 3.63) is 47.8 Å². The van der Waals surface area contributed by atoms with Crippen LogP contribution >= 0.6 is 0 Å². The molecule has 0 radical (unpaired) electrons. The van der Waals surface area contributed by atoms with Crippen LogP contribution in [0.15, 0.2) is 36.5 Å². The van der Waals surface area contributed by atoms with Crippen molar-refractivity contribution in [2.45, 2.75) is 56.5 Å². The molecule has 1 aromatic heterocycles. The predicted molar refractivity (Wildman–Crippen MR) is 93.2 cm³/mol. The molecule has 1 amide bonds. The number of rotatable bonds is 4. The number of amides is 1. The monoisotopic (exact) mass is 324 g/mol. The maximum absolute atomic E-state index is 12.8. The Morgan fingerprint density at radius 3 is 2.46 bits per heavy atom. The highest BCUT2D eigenvalue weighted by molar-refractivity contribution is 5.95. The Kier molecular flexibility index (Phi) is 4.10. The Morgan fingerprint density at radius 2 is 1.79 bits per heavy atom. The molecule has 0 atom stereocenters. The van der Waals surface area contributed by atoms with Crippen LogP contribution in [-0.4, -0.2) is 27.8 Å². The van der Waals surface area contributed by atoms with Gasteiger partial charge in [-0.05, 0) is 50.7 Å². The van der Waals surface area contributed by atoms with Crippen molar-refractivity contribution < 1.29 is 4.79 Å². The van der Waals surface area contributed by atoms with Gasteiger partial charge in [0.25, 0.3) is 5.91 Å². The third kappa shape index (κ3) is 3.08. The quantitative estimate of drug-likeness (QED) is 0.908. The molecule has 2 aliphatic rings. The van der Waals surface area contributed by atoms with Gasteiger partial charge in [-0.25, -0.2) is 4.68 Å². The van der Waals surface area contributed by atoms with E-state index in [0.29, 0.717) is 12.0 Å². The van der Waals surface area contributed by atoms with Crippen molar-refractivity contribution in [2.75, 3.05) is 0 Å². The zero-order valence-electron chi connectivity index (χ0n) is 13.8. The van der Waals surface area contributed by atoms with Crippen molar-refractivity contribution >= 4 is 5.91 Å². The number of hydrogen-bond donors (Lipinski definition) is 2. The summed E-state index contributed by atoms with van der Waals surface area (Å²) in [7, 11) is 0. The average Bonchev–Trinajstić information content (AvgIpc) is 3.35. The van der Waals surface area contributed by atoms with E-state index in [9.17, 15) is 4.79 Å². The van der Waals surface area contributed by atoms with Crippen molar-refractivity contribution in [1.29, 1.82) is 0 Å². The molecule has 0 unspecified atom stereocenters. The Balaban J connectivity index is 1.57. The highest BCUT2D eigenvalue weighted by Crippen LogP contribution is 2.42. The van der Waals surface area contributed by atoms with Crippen LogP contribution < -0.4 is 11.1 Å². The van der Waals surface area contributed by atoms with Gasteiger partial charge in [-0.15, -0.1) is 0 Å². The second kappa shape index (κ2) is 6.40. The van der Waals surface area contributed by atoms with Crippen LogP contribution in [0.2, 0.25) is 0 Å². The molecule has 24 heavy (non-hydrogen) atoms. The maximum Gasteiger partial charge on any atom is 0.255 e. The zero-order chi connectivity index (χ0) is 16.5. The molecule has 1 heterocycles. The van der Waals surface area contributed by atoms with Crippen molar-refractivity contribution in [3.8, 4) is 5.69 Å². The first-order valence-electron chi connectivity index (χ1n) is 8.92. The standard InChI is InChI=1S/C19H24N4O/c20-14-8-10-15(11-9-14)22-19(24)17-12-21-23(18(17)13-6-7-13)16-4-2-1-3-5-16/h1-5,12-15H,6-11,20H2,(H,22,24). The number of nitrogens with two attached hydrogens (primary N) is 1. The van der Waals surface area contributed by atoms with Crippen molar-refractivity contribution in [3.63, 3.8) is 0 Å². The van der Waals surface area contributed by atoms with Crippen LogP contribution in [0.4, 0.5) is 0 Å².